The summed E-state index contributed by atoms with van der Waals surface area (Å²) in [6.07, 6.45) is 5.19. The van der Waals surface area contributed by atoms with Gasteiger partial charge in [0.15, 0.2) is 0 Å². The van der Waals surface area contributed by atoms with Crippen molar-refractivity contribution in [1.29, 1.82) is 0 Å². The van der Waals surface area contributed by atoms with Gasteiger partial charge in [-0.3, -0.25) is 0 Å². The Morgan fingerprint density at radius 2 is 2.00 bits per heavy atom. The van der Waals surface area contributed by atoms with E-state index >= 15 is 0 Å². The summed E-state index contributed by atoms with van der Waals surface area (Å²) < 4.78 is 0. The van der Waals surface area contributed by atoms with Gasteiger partial charge in [0.2, 0.25) is 0 Å². The summed E-state index contributed by atoms with van der Waals surface area (Å²) in [4.78, 5) is 27.9. The molecular formula is C15H26N2O4. The summed E-state index contributed by atoms with van der Waals surface area (Å²) in [5, 5.41) is 18.8. The lowest BCUT2D eigenvalue weighted by molar-refractivity contribution is -0.148. The number of urea groups is 1. The Hall–Kier alpha value is -1.30. The molecule has 0 aromatic rings. The number of carbonyl (C=O) groups excluding carboxylic acids is 1. The van der Waals surface area contributed by atoms with Crippen LogP contribution in [0.2, 0.25) is 0 Å². The second-order valence-electron chi connectivity index (χ2n) is 6.08. The van der Waals surface area contributed by atoms with Crippen LogP contribution >= 0.6 is 0 Å². The maximum absolute atomic E-state index is 12.9. The molecule has 2 N–H and O–H groups in total. The first-order valence-corrected chi connectivity index (χ1v) is 7.99. The topological polar surface area (TPSA) is 81.1 Å². The van der Waals surface area contributed by atoms with Crippen LogP contribution in [-0.2, 0) is 4.79 Å². The molecule has 0 aliphatic carbocycles. The van der Waals surface area contributed by atoms with Gasteiger partial charge in [-0.2, -0.15) is 0 Å². The molecule has 6 nitrogen and oxygen atoms in total. The van der Waals surface area contributed by atoms with E-state index in [0.717, 1.165) is 25.7 Å². The molecule has 2 fully saturated rings. The van der Waals surface area contributed by atoms with Crippen LogP contribution in [0.5, 0.6) is 0 Å². The van der Waals surface area contributed by atoms with E-state index in [-0.39, 0.29) is 18.7 Å². The van der Waals surface area contributed by atoms with Crippen molar-refractivity contribution in [3.05, 3.63) is 0 Å². The molecule has 2 unspecified atom stereocenters. The highest BCUT2D eigenvalue weighted by molar-refractivity contribution is 5.87. The molecule has 2 saturated heterocycles. The van der Waals surface area contributed by atoms with Crippen LogP contribution < -0.4 is 0 Å². The number of likely N-dealkylation sites (tertiary alicyclic amines) is 2. The molecule has 0 radical (unpaired) electrons. The van der Waals surface area contributed by atoms with E-state index in [9.17, 15) is 19.8 Å². The van der Waals surface area contributed by atoms with Crippen molar-refractivity contribution in [3.63, 3.8) is 0 Å². The maximum atomic E-state index is 12.9. The minimum absolute atomic E-state index is 0.0419. The van der Waals surface area contributed by atoms with Gasteiger partial charge < -0.3 is 20.0 Å². The zero-order chi connectivity index (χ0) is 15.5. The van der Waals surface area contributed by atoms with E-state index in [1.807, 2.05) is 6.92 Å². The number of carbonyl (C=O) groups is 2. The highest BCUT2D eigenvalue weighted by Crippen LogP contribution is 2.35. The van der Waals surface area contributed by atoms with Crippen LogP contribution in [-0.4, -0.2) is 63.3 Å². The summed E-state index contributed by atoms with van der Waals surface area (Å²) in [5.74, 6) is -0.897. The summed E-state index contributed by atoms with van der Waals surface area (Å²) in [6.45, 7) is 3.08. The Labute approximate surface area is 125 Å². The molecule has 2 amide bonds. The van der Waals surface area contributed by atoms with Gasteiger partial charge in [-0.15, -0.1) is 0 Å². The van der Waals surface area contributed by atoms with Crippen LogP contribution in [0.1, 0.15) is 51.9 Å². The Morgan fingerprint density at radius 3 is 2.62 bits per heavy atom. The molecule has 0 saturated carbocycles. The van der Waals surface area contributed by atoms with Crippen molar-refractivity contribution >= 4 is 12.0 Å². The number of nitrogens with zero attached hydrogens (tertiary/aromatic N) is 2. The Morgan fingerprint density at radius 1 is 1.24 bits per heavy atom. The normalized spacial score (nSPS) is 29.7. The van der Waals surface area contributed by atoms with Gasteiger partial charge >= 0.3 is 12.0 Å². The van der Waals surface area contributed by atoms with E-state index in [4.69, 9.17) is 0 Å². The molecule has 6 heteroatoms. The number of aliphatic hydroxyl groups is 1. The molecule has 21 heavy (non-hydrogen) atoms. The number of aliphatic hydroxyl groups excluding tert-OH is 1. The van der Waals surface area contributed by atoms with Crippen molar-refractivity contribution in [3.8, 4) is 0 Å². The number of rotatable bonds is 4. The highest BCUT2D eigenvalue weighted by atomic mass is 16.4. The van der Waals surface area contributed by atoms with E-state index in [2.05, 4.69) is 0 Å². The monoisotopic (exact) mass is 298 g/mol. The lowest BCUT2D eigenvalue weighted by Gasteiger charge is -2.42. The SMILES string of the molecule is CCC1(C(=O)O)CCCN1C(=O)N1CCCCC1CCO. The molecule has 0 aromatic carbocycles. The smallest absolute Gasteiger partial charge is 0.329 e. The fourth-order valence-corrected chi connectivity index (χ4v) is 3.76. The number of hydrogen-bond acceptors (Lipinski definition) is 3. The molecule has 0 aromatic heterocycles. The molecule has 2 heterocycles. The number of hydrogen-bond donors (Lipinski definition) is 2. The number of piperidine rings is 1. The lowest BCUT2D eigenvalue weighted by Crippen LogP contribution is -2.59. The fraction of sp³-hybridized carbons (Fsp3) is 0.867. The Kier molecular flexibility index (Phi) is 5.08. The minimum Gasteiger partial charge on any atom is -0.479 e. The Balaban J connectivity index is 2.19. The zero-order valence-corrected chi connectivity index (χ0v) is 12.8. The fourth-order valence-electron chi connectivity index (χ4n) is 3.76. The van der Waals surface area contributed by atoms with E-state index in [1.165, 1.54) is 0 Å². The molecule has 120 valence electrons. The van der Waals surface area contributed by atoms with Gasteiger partial charge in [-0.05, 0) is 44.9 Å². The third-order valence-corrected chi connectivity index (χ3v) is 5.04. The highest BCUT2D eigenvalue weighted by Gasteiger charge is 2.50. The predicted octanol–water partition coefficient (Wildman–Crippen LogP) is 1.67. The molecule has 2 aliphatic rings. The molecule has 2 atom stereocenters. The van der Waals surface area contributed by atoms with Crippen LogP contribution in [0.15, 0.2) is 0 Å². The van der Waals surface area contributed by atoms with Crippen LogP contribution in [0.3, 0.4) is 0 Å². The van der Waals surface area contributed by atoms with Crippen molar-refractivity contribution in [2.24, 2.45) is 0 Å². The first kappa shape index (κ1) is 16.1. The second kappa shape index (κ2) is 6.64. The summed E-state index contributed by atoms with van der Waals surface area (Å²) in [7, 11) is 0. The summed E-state index contributed by atoms with van der Waals surface area (Å²) in [5.41, 5.74) is -1.04. The van der Waals surface area contributed by atoms with E-state index in [0.29, 0.717) is 32.4 Å². The quantitative estimate of drug-likeness (QED) is 0.827. The van der Waals surface area contributed by atoms with Crippen molar-refractivity contribution < 1.29 is 19.8 Å². The molecule has 0 spiro atoms. The summed E-state index contributed by atoms with van der Waals surface area (Å²) >= 11 is 0. The summed E-state index contributed by atoms with van der Waals surface area (Å²) in [6, 6.07) is -0.116. The van der Waals surface area contributed by atoms with Crippen LogP contribution in [0, 0.1) is 0 Å². The van der Waals surface area contributed by atoms with Gasteiger partial charge in [0.1, 0.15) is 5.54 Å². The van der Waals surface area contributed by atoms with E-state index in [1.54, 1.807) is 9.80 Å². The molecule has 2 aliphatic heterocycles. The van der Waals surface area contributed by atoms with Gasteiger partial charge in [0, 0.05) is 25.7 Å². The Bertz CT molecular complexity index is 399. The number of carboxylic acids is 1. The number of carboxylic acid groups (broad SMARTS) is 1. The second-order valence-corrected chi connectivity index (χ2v) is 6.08. The van der Waals surface area contributed by atoms with Crippen molar-refractivity contribution in [2.45, 2.75) is 63.5 Å². The average molecular weight is 298 g/mol. The largest absolute Gasteiger partial charge is 0.479 e. The van der Waals surface area contributed by atoms with Gasteiger partial charge in [0.25, 0.3) is 0 Å². The van der Waals surface area contributed by atoms with Gasteiger partial charge in [-0.25, -0.2) is 9.59 Å². The first-order valence-electron chi connectivity index (χ1n) is 7.99. The van der Waals surface area contributed by atoms with Crippen LogP contribution in [0.4, 0.5) is 4.79 Å². The third kappa shape index (κ3) is 2.86. The molecule has 0 bridgehead atoms. The lowest BCUT2D eigenvalue weighted by atomic mass is 9.93. The minimum atomic E-state index is -1.04. The standard InChI is InChI=1S/C15H26N2O4/c1-2-15(13(19)20)8-5-10-17(15)14(21)16-9-4-3-6-12(16)7-11-18/h12,18H,2-11H2,1H3,(H,19,20). The zero-order valence-electron chi connectivity index (χ0n) is 12.8. The van der Waals surface area contributed by atoms with Gasteiger partial charge in [0.05, 0.1) is 0 Å². The number of aliphatic carboxylic acids is 1. The average Bonchev–Trinajstić information content (AvgIpc) is 2.92. The maximum Gasteiger partial charge on any atom is 0.329 e. The number of amides is 2. The van der Waals surface area contributed by atoms with Crippen molar-refractivity contribution in [1.82, 2.24) is 9.80 Å². The molecule has 2 rings (SSSR count). The van der Waals surface area contributed by atoms with Gasteiger partial charge in [-0.1, -0.05) is 6.92 Å². The first-order chi connectivity index (χ1) is 10.1. The van der Waals surface area contributed by atoms with Crippen LogP contribution in [0.25, 0.3) is 0 Å². The third-order valence-electron chi connectivity index (χ3n) is 5.04. The van der Waals surface area contributed by atoms with Crippen molar-refractivity contribution in [2.75, 3.05) is 19.7 Å². The molecular weight excluding hydrogens is 272 g/mol. The van der Waals surface area contributed by atoms with E-state index < -0.39 is 11.5 Å². The predicted molar refractivity (Wildman–Crippen MR) is 78.0 cm³/mol.